The number of benzene rings is 1. The third kappa shape index (κ3) is 3.71. The molecule has 100 valence electrons. The third-order valence-electron chi connectivity index (χ3n) is 2.33. The van der Waals surface area contributed by atoms with Gasteiger partial charge in [0.1, 0.15) is 4.90 Å². The van der Waals surface area contributed by atoms with Crippen LogP contribution in [0.1, 0.15) is 0 Å². The number of rotatable bonds is 4. The van der Waals surface area contributed by atoms with E-state index in [9.17, 15) is 8.42 Å². The van der Waals surface area contributed by atoms with Crippen molar-refractivity contribution >= 4 is 43.4 Å². The van der Waals surface area contributed by atoms with Crippen LogP contribution >= 0.6 is 27.7 Å². The maximum absolute atomic E-state index is 12.1. The van der Waals surface area contributed by atoms with Crippen LogP contribution < -0.4 is 4.72 Å². The molecule has 1 heterocycles. The minimum absolute atomic E-state index is 0.121. The average Bonchev–Trinajstić information content (AvgIpc) is 2.39. The molecule has 19 heavy (non-hydrogen) atoms. The molecule has 0 aliphatic heterocycles. The molecule has 0 spiro atoms. The van der Waals surface area contributed by atoms with Gasteiger partial charge in [0.15, 0.2) is 0 Å². The summed E-state index contributed by atoms with van der Waals surface area (Å²) in [6, 6.07) is 8.69. The van der Waals surface area contributed by atoms with Gasteiger partial charge in [-0.15, -0.1) is 11.8 Å². The average molecular weight is 359 g/mol. The number of nitrogens with one attached hydrogen (secondary N) is 1. The lowest BCUT2D eigenvalue weighted by Crippen LogP contribution is -2.13. The van der Waals surface area contributed by atoms with Crippen LogP contribution in [0, 0.1) is 0 Å². The fourth-order valence-electron chi connectivity index (χ4n) is 1.41. The number of hydrogen-bond acceptors (Lipinski definition) is 4. The summed E-state index contributed by atoms with van der Waals surface area (Å²) in [6.45, 7) is 0. The Morgan fingerprint density at radius 1 is 1.21 bits per heavy atom. The number of pyridine rings is 1. The van der Waals surface area contributed by atoms with Crippen LogP contribution in [0.2, 0.25) is 0 Å². The second-order valence-electron chi connectivity index (χ2n) is 3.67. The van der Waals surface area contributed by atoms with Crippen LogP contribution in [0.4, 0.5) is 5.69 Å². The standard InChI is InChI=1S/C12H11BrN2O2S2/c1-18-11-4-2-10(3-5-11)15-19(16,17)12-6-9(13)7-14-8-12/h2-8,15H,1H3. The Hall–Kier alpha value is -1.05. The Morgan fingerprint density at radius 2 is 1.89 bits per heavy atom. The van der Waals surface area contributed by atoms with Crippen LogP contribution in [-0.2, 0) is 10.0 Å². The summed E-state index contributed by atoms with van der Waals surface area (Å²) in [4.78, 5) is 5.05. The minimum atomic E-state index is -3.60. The maximum Gasteiger partial charge on any atom is 0.263 e. The van der Waals surface area contributed by atoms with Gasteiger partial charge in [0.25, 0.3) is 10.0 Å². The van der Waals surface area contributed by atoms with Crippen LogP contribution in [0.5, 0.6) is 0 Å². The second-order valence-corrected chi connectivity index (χ2v) is 7.15. The van der Waals surface area contributed by atoms with E-state index in [1.807, 2.05) is 18.4 Å². The first kappa shape index (κ1) is 14.4. The fraction of sp³-hybridized carbons (Fsp3) is 0.0833. The molecule has 0 unspecified atom stereocenters. The third-order valence-corrected chi connectivity index (χ3v) is 4.86. The van der Waals surface area contributed by atoms with E-state index < -0.39 is 10.0 Å². The zero-order valence-corrected chi connectivity index (χ0v) is 13.2. The van der Waals surface area contributed by atoms with Crippen molar-refractivity contribution in [1.29, 1.82) is 0 Å². The summed E-state index contributed by atoms with van der Waals surface area (Å²) in [6.07, 6.45) is 4.81. The number of aromatic nitrogens is 1. The van der Waals surface area contributed by atoms with Gasteiger partial charge in [0.2, 0.25) is 0 Å². The summed E-state index contributed by atoms with van der Waals surface area (Å²) in [5.41, 5.74) is 0.526. The molecule has 0 fully saturated rings. The molecule has 4 nitrogen and oxygen atoms in total. The van der Waals surface area contributed by atoms with E-state index in [4.69, 9.17) is 0 Å². The molecule has 7 heteroatoms. The molecular weight excluding hydrogens is 348 g/mol. The molecule has 2 aromatic rings. The number of sulfonamides is 1. The van der Waals surface area contributed by atoms with Crippen LogP contribution in [0.15, 0.2) is 57.0 Å². The first-order chi connectivity index (χ1) is 9.01. The fourth-order valence-corrected chi connectivity index (χ4v) is 3.38. The summed E-state index contributed by atoms with van der Waals surface area (Å²) >= 11 is 4.80. The Kier molecular flexibility index (Phi) is 4.49. The van der Waals surface area contributed by atoms with E-state index in [2.05, 4.69) is 25.6 Å². The van der Waals surface area contributed by atoms with Gasteiger partial charge in [-0.05, 0) is 52.5 Å². The maximum atomic E-state index is 12.1. The molecule has 0 radical (unpaired) electrons. The highest BCUT2D eigenvalue weighted by Crippen LogP contribution is 2.21. The lowest BCUT2D eigenvalue weighted by atomic mass is 10.3. The van der Waals surface area contributed by atoms with Gasteiger partial charge in [-0.3, -0.25) is 9.71 Å². The Morgan fingerprint density at radius 3 is 2.47 bits per heavy atom. The molecule has 1 aromatic heterocycles. The van der Waals surface area contributed by atoms with Gasteiger partial charge in [-0.25, -0.2) is 8.42 Å². The number of hydrogen-bond donors (Lipinski definition) is 1. The summed E-state index contributed by atoms with van der Waals surface area (Å²) < 4.78 is 27.4. The molecule has 0 bridgehead atoms. The van der Waals surface area contributed by atoms with Crippen molar-refractivity contribution in [3.05, 3.63) is 47.2 Å². The van der Waals surface area contributed by atoms with E-state index in [1.54, 1.807) is 23.9 Å². The zero-order chi connectivity index (χ0) is 13.9. The van der Waals surface area contributed by atoms with E-state index in [0.717, 1.165) is 4.90 Å². The molecule has 0 atom stereocenters. The van der Waals surface area contributed by atoms with Gasteiger partial charge in [-0.2, -0.15) is 0 Å². The van der Waals surface area contributed by atoms with E-state index in [1.165, 1.54) is 18.5 Å². The van der Waals surface area contributed by atoms with Gasteiger partial charge in [0.05, 0.1) is 0 Å². The SMILES string of the molecule is CSc1ccc(NS(=O)(=O)c2cncc(Br)c2)cc1. The highest BCUT2D eigenvalue weighted by Gasteiger charge is 2.14. The largest absolute Gasteiger partial charge is 0.280 e. The topological polar surface area (TPSA) is 59.1 Å². The number of nitrogens with zero attached hydrogens (tertiary/aromatic N) is 1. The minimum Gasteiger partial charge on any atom is -0.280 e. The smallest absolute Gasteiger partial charge is 0.263 e. The van der Waals surface area contributed by atoms with Crippen molar-refractivity contribution in [3.63, 3.8) is 0 Å². The first-order valence-corrected chi connectivity index (χ1v) is 8.79. The van der Waals surface area contributed by atoms with Crippen molar-refractivity contribution in [2.45, 2.75) is 9.79 Å². The van der Waals surface area contributed by atoms with E-state index in [0.29, 0.717) is 10.2 Å². The summed E-state index contributed by atoms with van der Waals surface area (Å²) in [5.74, 6) is 0. The van der Waals surface area contributed by atoms with Crippen LogP contribution in [-0.4, -0.2) is 19.7 Å². The van der Waals surface area contributed by atoms with Gasteiger partial charge >= 0.3 is 0 Å². The molecule has 2 rings (SSSR count). The highest BCUT2D eigenvalue weighted by atomic mass is 79.9. The molecule has 1 aromatic carbocycles. The second kappa shape index (κ2) is 5.94. The van der Waals surface area contributed by atoms with Gasteiger partial charge in [-0.1, -0.05) is 0 Å². The van der Waals surface area contributed by atoms with Crippen molar-refractivity contribution in [2.24, 2.45) is 0 Å². The van der Waals surface area contributed by atoms with Crippen LogP contribution in [0.25, 0.3) is 0 Å². The quantitative estimate of drug-likeness (QED) is 0.851. The molecular formula is C12H11BrN2O2S2. The molecule has 0 saturated carbocycles. The molecule has 0 amide bonds. The first-order valence-electron chi connectivity index (χ1n) is 5.29. The Labute approximate surface area is 124 Å². The molecule has 1 N–H and O–H groups in total. The lowest BCUT2D eigenvalue weighted by molar-refractivity contribution is 0.600. The molecule has 0 aliphatic carbocycles. The van der Waals surface area contributed by atoms with Gasteiger partial charge in [0, 0.05) is 27.4 Å². The highest BCUT2D eigenvalue weighted by molar-refractivity contribution is 9.10. The van der Waals surface area contributed by atoms with Crippen molar-refractivity contribution in [3.8, 4) is 0 Å². The van der Waals surface area contributed by atoms with Crippen LogP contribution in [0.3, 0.4) is 0 Å². The monoisotopic (exact) mass is 358 g/mol. The van der Waals surface area contributed by atoms with Crippen molar-refractivity contribution < 1.29 is 8.42 Å². The number of halogens is 1. The summed E-state index contributed by atoms with van der Waals surface area (Å²) in [5, 5.41) is 0. The Balaban J connectivity index is 2.25. The Bertz CT molecular complexity index is 672. The van der Waals surface area contributed by atoms with Crippen molar-refractivity contribution in [1.82, 2.24) is 4.98 Å². The predicted molar refractivity (Wildman–Crippen MR) is 81.0 cm³/mol. The van der Waals surface area contributed by atoms with E-state index >= 15 is 0 Å². The lowest BCUT2D eigenvalue weighted by Gasteiger charge is -2.08. The summed E-state index contributed by atoms with van der Waals surface area (Å²) in [7, 11) is -3.60. The molecule has 0 saturated heterocycles. The normalized spacial score (nSPS) is 11.3. The number of anilines is 1. The molecule has 0 aliphatic rings. The van der Waals surface area contributed by atoms with Gasteiger partial charge < -0.3 is 0 Å². The number of thioether (sulfide) groups is 1. The zero-order valence-electron chi connectivity index (χ0n) is 10.00. The van der Waals surface area contributed by atoms with E-state index in [-0.39, 0.29) is 4.90 Å². The van der Waals surface area contributed by atoms with Crippen molar-refractivity contribution in [2.75, 3.05) is 11.0 Å². The predicted octanol–water partition coefficient (Wildman–Crippen LogP) is 3.37.